The summed E-state index contributed by atoms with van der Waals surface area (Å²) in [5.74, 6) is 2.13. The van der Waals surface area contributed by atoms with Crippen LogP contribution in [0.15, 0.2) is 30.6 Å². The fourth-order valence-corrected chi connectivity index (χ4v) is 2.49. The molecule has 6 heteroatoms. The Morgan fingerprint density at radius 1 is 1.36 bits per heavy atom. The summed E-state index contributed by atoms with van der Waals surface area (Å²) in [4.78, 5) is 0. The highest BCUT2D eigenvalue weighted by atomic mass is 16.7. The van der Waals surface area contributed by atoms with Gasteiger partial charge in [-0.1, -0.05) is 0 Å². The molecule has 0 amide bonds. The van der Waals surface area contributed by atoms with Crippen molar-refractivity contribution in [3.05, 3.63) is 36.2 Å². The van der Waals surface area contributed by atoms with Gasteiger partial charge in [-0.25, -0.2) is 0 Å². The minimum absolute atomic E-state index is 0.245. The molecule has 0 aliphatic carbocycles. The van der Waals surface area contributed by atoms with E-state index in [1.165, 1.54) is 0 Å². The van der Waals surface area contributed by atoms with E-state index in [9.17, 15) is 0 Å². The fourth-order valence-electron chi connectivity index (χ4n) is 2.49. The number of fused-ring (bicyclic) bond motifs is 1. The van der Waals surface area contributed by atoms with Crippen molar-refractivity contribution in [1.82, 2.24) is 15.1 Å². The van der Waals surface area contributed by atoms with E-state index in [4.69, 9.17) is 14.2 Å². The lowest BCUT2D eigenvalue weighted by atomic mass is 10.1. The van der Waals surface area contributed by atoms with E-state index in [1.807, 2.05) is 29.1 Å². The van der Waals surface area contributed by atoms with Crippen LogP contribution in [0.5, 0.6) is 17.2 Å². The molecule has 0 fully saturated rings. The van der Waals surface area contributed by atoms with Gasteiger partial charge in [0.05, 0.1) is 13.2 Å². The number of nitrogens with one attached hydrogen (secondary N) is 1. The molecule has 1 aromatic carbocycles. The normalized spacial score (nSPS) is 15.6. The van der Waals surface area contributed by atoms with Crippen LogP contribution in [0.3, 0.4) is 0 Å². The number of benzene rings is 1. The summed E-state index contributed by atoms with van der Waals surface area (Å²) in [5.41, 5.74) is 1.10. The molecule has 0 spiro atoms. The lowest BCUT2D eigenvalue weighted by molar-refractivity contribution is 0.171. The molecular formula is C16H21N3O3. The maximum absolute atomic E-state index is 5.45. The molecule has 2 heterocycles. The van der Waals surface area contributed by atoms with Gasteiger partial charge in [0.15, 0.2) is 11.5 Å². The van der Waals surface area contributed by atoms with Gasteiger partial charge in [0.1, 0.15) is 0 Å². The molecule has 2 atom stereocenters. The monoisotopic (exact) mass is 303 g/mol. The second kappa shape index (κ2) is 6.27. The first-order valence-electron chi connectivity index (χ1n) is 7.38. The van der Waals surface area contributed by atoms with Gasteiger partial charge in [-0.2, -0.15) is 5.10 Å². The van der Waals surface area contributed by atoms with Gasteiger partial charge in [0.25, 0.3) is 0 Å². The Hall–Kier alpha value is -2.21. The minimum Gasteiger partial charge on any atom is -0.493 e. The van der Waals surface area contributed by atoms with E-state index >= 15 is 0 Å². The maximum atomic E-state index is 5.45. The van der Waals surface area contributed by atoms with Gasteiger partial charge in [-0.15, -0.1) is 0 Å². The third-order valence-corrected chi connectivity index (χ3v) is 4.01. The number of methoxy groups -OCH3 is 1. The topological polar surface area (TPSA) is 57.5 Å². The van der Waals surface area contributed by atoms with Gasteiger partial charge in [0.2, 0.25) is 12.5 Å². The molecule has 0 unspecified atom stereocenters. The summed E-state index contributed by atoms with van der Waals surface area (Å²) in [5, 5.41) is 7.80. The van der Waals surface area contributed by atoms with E-state index in [0.29, 0.717) is 11.5 Å². The van der Waals surface area contributed by atoms with Crippen molar-refractivity contribution in [2.45, 2.75) is 32.5 Å². The summed E-state index contributed by atoms with van der Waals surface area (Å²) >= 11 is 0. The van der Waals surface area contributed by atoms with Crippen LogP contribution < -0.4 is 19.5 Å². The second-order valence-electron chi connectivity index (χ2n) is 5.43. The van der Waals surface area contributed by atoms with E-state index in [0.717, 1.165) is 17.9 Å². The zero-order valence-electron chi connectivity index (χ0n) is 13.1. The fraction of sp³-hybridized carbons (Fsp3) is 0.438. The lowest BCUT2D eigenvalue weighted by Crippen LogP contribution is -2.33. The van der Waals surface area contributed by atoms with Crippen LogP contribution in [-0.2, 0) is 6.54 Å². The average Bonchev–Trinajstić information content (AvgIpc) is 3.21. The lowest BCUT2D eigenvalue weighted by Gasteiger charge is -2.22. The zero-order valence-corrected chi connectivity index (χ0v) is 13.1. The molecular weight excluding hydrogens is 282 g/mol. The van der Waals surface area contributed by atoms with E-state index in [-0.39, 0.29) is 18.9 Å². The Bertz CT molecular complexity index is 628. The predicted octanol–water partition coefficient (Wildman–Crippen LogP) is 2.36. The number of rotatable bonds is 6. The SMILES string of the molecule is COc1cc(CN[C@@H](C)[C@@H](C)n2cccn2)cc2c1OCO2. The molecule has 22 heavy (non-hydrogen) atoms. The molecule has 2 aromatic rings. The number of nitrogens with zero attached hydrogens (tertiary/aromatic N) is 2. The molecule has 1 aliphatic heterocycles. The molecule has 118 valence electrons. The van der Waals surface area contributed by atoms with Crippen LogP contribution in [0.1, 0.15) is 25.5 Å². The van der Waals surface area contributed by atoms with E-state index in [1.54, 1.807) is 13.3 Å². The molecule has 1 aliphatic rings. The molecule has 0 saturated heterocycles. The standard InChI is InChI=1S/C16H21N3O3/c1-11(12(2)19-6-4-5-18-19)17-9-13-7-14(20-3)16-15(8-13)21-10-22-16/h4-8,11-12,17H,9-10H2,1-3H3/t11-,12+/m0/s1. The van der Waals surface area contributed by atoms with Crippen LogP contribution in [0.2, 0.25) is 0 Å². The molecule has 0 bridgehead atoms. The van der Waals surface area contributed by atoms with Gasteiger partial charge in [0, 0.05) is 25.0 Å². The van der Waals surface area contributed by atoms with Gasteiger partial charge < -0.3 is 19.5 Å². The van der Waals surface area contributed by atoms with Crippen LogP contribution >= 0.6 is 0 Å². The molecule has 0 radical (unpaired) electrons. The van der Waals surface area contributed by atoms with Gasteiger partial charge in [-0.3, -0.25) is 4.68 Å². The molecule has 0 saturated carbocycles. The number of hydrogen-bond acceptors (Lipinski definition) is 5. The Morgan fingerprint density at radius 2 is 2.23 bits per heavy atom. The second-order valence-corrected chi connectivity index (χ2v) is 5.43. The minimum atomic E-state index is 0.245. The number of hydrogen-bond donors (Lipinski definition) is 1. The summed E-state index contributed by atoms with van der Waals surface area (Å²) in [6, 6.07) is 6.45. The largest absolute Gasteiger partial charge is 0.493 e. The molecule has 1 N–H and O–H groups in total. The predicted molar refractivity (Wildman–Crippen MR) is 82.4 cm³/mol. The highest BCUT2D eigenvalue weighted by molar-refractivity contribution is 5.55. The Morgan fingerprint density at radius 3 is 2.95 bits per heavy atom. The smallest absolute Gasteiger partial charge is 0.231 e. The van der Waals surface area contributed by atoms with Crippen molar-refractivity contribution in [3.63, 3.8) is 0 Å². The summed E-state index contributed by atoms with van der Waals surface area (Å²) in [6.07, 6.45) is 3.78. The maximum Gasteiger partial charge on any atom is 0.231 e. The van der Waals surface area contributed by atoms with Gasteiger partial charge in [-0.05, 0) is 37.6 Å². The van der Waals surface area contributed by atoms with Crippen molar-refractivity contribution in [1.29, 1.82) is 0 Å². The molecule has 1 aromatic heterocycles. The first-order valence-corrected chi connectivity index (χ1v) is 7.38. The van der Waals surface area contributed by atoms with Crippen molar-refractivity contribution < 1.29 is 14.2 Å². The van der Waals surface area contributed by atoms with Crippen LogP contribution in [0, 0.1) is 0 Å². The third kappa shape index (κ3) is 2.87. The van der Waals surface area contributed by atoms with Crippen LogP contribution in [0.4, 0.5) is 0 Å². The van der Waals surface area contributed by atoms with Crippen LogP contribution in [-0.4, -0.2) is 29.7 Å². The first kappa shape index (κ1) is 14.7. The highest BCUT2D eigenvalue weighted by Crippen LogP contribution is 2.41. The van der Waals surface area contributed by atoms with Crippen LogP contribution in [0.25, 0.3) is 0 Å². The number of aromatic nitrogens is 2. The van der Waals surface area contributed by atoms with Crippen molar-refractivity contribution in [2.75, 3.05) is 13.9 Å². The van der Waals surface area contributed by atoms with Crippen molar-refractivity contribution in [2.24, 2.45) is 0 Å². The molecule has 6 nitrogen and oxygen atoms in total. The van der Waals surface area contributed by atoms with Gasteiger partial charge >= 0.3 is 0 Å². The van der Waals surface area contributed by atoms with E-state index in [2.05, 4.69) is 24.3 Å². The Kier molecular flexibility index (Phi) is 4.20. The van der Waals surface area contributed by atoms with E-state index < -0.39 is 0 Å². The molecule has 3 rings (SSSR count). The summed E-state index contributed by atoms with van der Waals surface area (Å²) in [7, 11) is 1.64. The highest BCUT2D eigenvalue weighted by Gasteiger charge is 2.20. The number of ether oxygens (including phenoxy) is 3. The summed E-state index contributed by atoms with van der Waals surface area (Å²) < 4.78 is 18.2. The Balaban J connectivity index is 1.66. The third-order valence-electron chi connectivity index (χ3n) is 4.01. The average molecular weight is 303 g/mol. The van der Waals surface area contributed by atoms with Crippen molar-refractivity contribution in [3.8, 4) is 17.2 Å². The summed E-state index contributed by atoms with van der Waals surface area (Å²) in [6.45, 7) is 5.26. The zero-order chi connectivity index (χ0) is 15.5. The van der Waals surface area contributed by atoms with Crippen molar-refractivity contribution >= 4 is 0 Å². The Labute approximate surface area is 130 Å². The first-order chi connectivity index (χ1) is 10.7. The quantitative estimate of drug-likeness (QED) is 0.888.